The number of pyridine rings is 1. The van der Waals surface area contributed by atoms with E-state index in [-0.39, 0.29) is 5.78 Å². The highest BCUT2D eigenvalue weighted by Crippen LogP contribution is 2.12. The number of benzene rings is 1. The lowest BCUT2D eigenvalue weighted by Gasteiger charge is -2.05. The molecule has 0 aliphatic rings. The fraction of sp³-hybridized carbons (Fsp3) is 0.176. The van der Waals surface area contributed by atoms with Crippen LogP contribution in [-0.4, -0.2) is 19.0 Å². The maximum Gasteiger partial charge on any atom is 0.223 e. The van der Waals surface area contributed by atoms with E-state index < -0.39 is 0 Å². The summed E-state index contributed by atoms with van der Waals surface area (Å²) < 4.78 is 7.11. The van der Waals surface area contributed by atoms with Crippen molar-refractivity contribution in [3.63, 3.8) is 0 Å². The van der Waals surface area contributed by atoms with E-state index in [1.165, 1.54) is 6.92 Å². The fourth-order valence-corrected chi connectivity index (χ4v) is 1.74. The molecule has 0 fully saturated rings. The van der Waals surface area contributed by atoms with Crippen LogP contribution >= 0.6 is 0 Å². The summed E-state index contributed by atoms with van der Waals surface area (Å²) in [7, 11) is 0. The van der Waals surface area contributed by atoms with E-state index in [0.717, 1.165) is 11.3 Å². The van der Waals surface area contributed by atoms with Gasteiger partial charge >= 0.3 is 0 Å². The molecule has 0 atom stereocenters. The predicted octanol–water partition coefficient (Wildman–Crippen LogP) is 2.33. The Balaban J connectivity index is 1.76. The van der Waals surface area contributed by atoms with Gasteiger partial charge in [-0.1, -0.05) is 24.8 Å². The molecule has 0 amide bonds. The minimum absolute atomic E-state index is 0.0356. The Kier molecular flexibility index (Phi) is 5.10. The molecule has 0 spiro atoms. The molecule has 0 aliphatic carbocycles. The first-order valence-corrected chi connectivity index (χ1v) is 6.70. The summed E-state index contributed by atoms with van der Waals surface area (Å²) in [5.41, 5.74) is 1.72. The average Bonchev–Trinajstić information content (AvgIpc) is 2.52. The Morgan fingerprint density at radius 2 is 1.81 bits per heavy atom. The molecular weight excluding hydrogens is 266 g/mol. The Morgan fingerprint density at radius 1 is 1.14 bits per heavy atom. The second kappa shape index (κ2) is 7.24. The highest BCUT2D eigenvalue weighted by Gasteiger charge is 2.05. The standard InChI is InChI=1S/C17H18NO3/c1-3-15-4-6-17(7-5-15)20-12-13-21-18-10-8-16(9-11-18)14(2)19/h3-11H,1,12-13H2,2H3/q+1. The van der Waals surface area contributed by atoms with Gasteiger partial charge in [0.05, 0.1) is 0 Å². The van der Waals surface area contributed by atoms with Crippen LogP contribution in [0.15, 0.2) is 55.4 Å². The third kappa shape index (κ3) is 4.45. The first kappa shape index (κ1) is 14.8. The van der Waals surface area contributed by atoms with Crippen molar-refractivity contribution in [3.8, 4) is 5.75 Å². The molecule has 0 N–H and O–H groups in total. The fourth-order valence-electron chi connectivity index (χ4n) is 1.74. The maximum atomic E-state index is 11.1. The van der Waals surface area contributed by atoms with Crippen LogP contribution in [0.5, 0.6) is 5.75 Å². The van der Waals surface area contributed by atoms with Crippen molar-refractivity contribution in [2.24, 2.45) is 0 Å². The first-order valence-electron chi connectivity index (χ1n) is 6.70. The van der Waals surface area contributed by atoms with E-state index in [2.05, 4.69) is 6.58 Å². The Morgan fingerprint density at radius 3 is 2.38 bits per heavy atom. The number of nitrogens with zero attached hydrogens (tertiary/aromatic N) is 1. The van der Waals surface area contributed by atoms with E-state index >= 15 is 0 Å². The SMILES string of the molecule is C=Cc1ccc(OCCO[n+]2ccc(C(C)=O)cc2)cc1. The van der Waals surface area contributed by atoms with Gasteiger partial charge < -0.3 is 4.74 Å². The molecule has 0 aliphatic heterocycles. The quantitative estimate of drug-likeness (QED) is 0.445. The van der Waals surface area contributed by atoms with Crippen molar-refractivity contribution in [3.05, 3.63) is 66.5 Å². The van der Waals surface area contributed by atoms with Crippen molar-refractivity contribution in [2.45, 2.75) is 6.92 Å². The number of carbonyl (C=O) groups excluding carboxylic acids is 1. The molecule has 0 saturated carbocycles. The Labute approximate surface area is 124 Å². The van der Waals surface area contributed by atoms with Gasteiger partial charge in [0.2, 0.25) is 12.4 Å². The molecule has 0 saturated heterocycles. The lowest BCUT2D eigenvalue weighted by Crippen LogP contribution is -2.43. The summed E-state index contributed by atoms with van der Waals surface area (Å²) in [5.74, 6) is 0.828. The zero-order valence-electron chi connectivity index (χ0n) is 12.0. The number of hydrogen-bond acceptors (Lipinski definition) is 3. The van der Waals surface area contributed by atoms with Gasteiger partial charge in [0.25, 0.3) is 0 Å². The average molecular weight is 284 g/mol. The van der Waals surface area contributed by atoms with Gasteiger partial charge in [-0.25, -0.2) is 0 Å². The van der Waals surface area contributed by atoms with Crippen LogP contribution in [-0.2, 0) is 0 Å². The summed E-state index contributed by atoms with van der Waals surface area (Å²) >= 11 is 0. The van der Waals surface area contributed by atoms with E-state index in [0.29, 0.717) is 18.8 Å². The normalized spacial score (nSPS) is 9.95. The molecule has 108 valence electrons. The number of rotatable bonds is 7. The number of ether oxygens (including phenoxy) is 1. The van der Waals surface area contributed by atoms with E-state index in [1.54, 1.807) is 35.3 Å². The van der Waals surface area contributed by atoms with Crippen molar-refractivity contribution in [2.75, 3.05) is 13.2 Å². The van der Waals surface area contributed by atoms with Crippen LogP contribution in [0.4, 0.5) is 0 Å². The highest BCUT2D eigenvalue weighted by atomic mass is 16.7. The van der Waals surface area contributed by atoms with E-state index in [9.17, 15) is 4.79 Å². The third-order valence-corrected chi connectivity index (χ3v) is 2.92. The lowest BCUT2D eigenvalue weighted by molar-refractivity contribution is -0.891. The van der Waals surface area contributed by atoms with Crippen LogP contribution in [0.3, 0.4) is 0 Å². The molecule has 0 unspecified atom stereocenters. The predicted molar refractivity (Wildman–Crippen MR) is 80.1 cm³/mol. The molecule has 2 rings (SSSR count). The number of ketones is 1. The first-order chi connectivity index (χ1) is 10.2. The van der Waals surface area contributed by atoms with Crippen LogP contribution in [0, 0.1) is 0 Å². The Bertz CT molecular complexity index is 603. The van der Waals surface area contributed by atoms with Crippen LogP contribution in [0.25, 0.3) is 6.08 Å². The second-order valence-electron chi connectivity index (χ2n) is 4.46. The molecule has 1 aromatic carbocycles. The number of carbonyl (C=O) groups is 1. The topological polar surface area (TPSA) is 39.4 Å². The van der Waals surface area contributed by atoms with Crippen LogP contribution < -0.4 is 14.3 Å². The molecule has 2 aromatic rings. The van der Waals surface area contributed by atoms with Crippen molar-refractivity contribution >= 4 is 11.9 Å². The van der Waals surface area contributed by atoms with Crippen LogP contribution in [0.2, 0.25) is 0 Å². The Hall–Kier alpha value is -2.62. The van der Waals surface area contributed by atoms with Gasteiger partial charge in [-0.15, -0.1) is 0 Å². The van der Waals surface area contributed by atoms with Crippen molar-refractivity contribution in [1.29, 1.82) is 0 Å². The summed E-state index contributed by atoms with van der Waals surface area (Å²) in [6.07, 6.45) is 5.19. The van der Waals surface area contributed by atoms with Gasteiger partial charge in [-0.3, -0.25) is 9.63 Å². The second-order valence-corrected chi connectivity index (χ2v) is 4.46. The monoisotopic (exact) mass is 284 g/mol. The van der Waals surface area contributed by atoms with Gasteiger partial charge in [-0.05, 0) is 24.6 Å². The van der Waals surface area contributed by atoms with Crippen molar-refractivity contribution < 1.29 is 19.1 Å². The molecule has 0 bridgehead atoms. The molecule has 0 radical (unpaired) electrons. The highest BCUT2D eigenvalue weighted by molar-refractivity contribution is 5.93. The summed E-state index contributed by atoms with van der Waals surface area (Å²) in [6.45, 7) is 6.09. The van der Waals surface area contributed by atoms with Crippen LogP contribution in [0.1, 0.15) is 22.8 Å². The maximum absolute atomic E-state index is 11.1. The lowest BCUT2D eigenvalue weighted by atomic mass is 10.2. The minimum Gasteiger partial charge on any atom is -0.490 e. The van der Waals surface area contributed by atoms with Gasteiger partial charge in [0.1, 0.15) is 12.4 Å². The number of hydrogen-bond donors (Lipinski definition) is 0. The summed E-state index contributed by atoms with van der Waals surface area (Å²) in [5, 5.41) is 0. The van der Waals surface area contributed by atoms with Gasteiger partial charge in [0.15, 0.2) is 12.4 Å². The number of Topliss-reactive ketones (excluding diaryl/α,β-unsaturated/α-hetero) is 1. The smallest absolute Gasteiger partial charge is 0.223 e. The minimum atomic E-state index is 0.0356. The third-order valence-electron chi connectivity index (χ3n) is 2.92. The van der Waals surface area contributed by atoms with E-state index in [4.69, 9.17) is 9.57 Å². The zero-order valence-corrected chi connectivity index (χ0v) is 12.0. The molecule has 1 heterocycles. The van der Waals surface area contributed by atoms with Gasteiger partial charge in [0, 0.05) is 22.4 Å². The van der Waals surface area contributed by atoms with E-state index in [1.807, 2.05) is 24.3 Å². The van der Waals surface area contributed by atoms with Gasteiger partial charge in [-0.2, -0.15) is 0 Å². The summed E-state index contributed by atoms with van der Waals surface area (Å²) in [4.78, 5) is 16.6. The molecule has 4 nitrogen and oxygen atoms in total. The largest absolute Gasteiger partial charge is 0.490 e. The molecule has 21 heavy (non-hydrogen) atoms. The number of aromatic nitrogens is 1. The molecule has 4 heteroatoms. The summed E-state index contributed by atoms with van der Waals surface area (Å²) in [6, 6.07) is 11.1. The molecular formula is C17H18NO3+. The zero-order chi connectivity index (χ0) is 15.1. The molecule has 1 aromatic heterocycles. The van der Waals surface area contributed by atoms with Crippen molar-refractivity contribution in [1.82, 2.24) is 0 Å².